The van der Waals surface area contributed by atoms with Crippen LogP contribution in [0.4, 0.5) is 4.39 Å². The van der Waals surface area contributed by atoms with E-state index in [0.717, 1.165) is 57.3 Å². The average molecular weight is 349 g/mol. The summed E-state index contributed by atoms with van der Waals surface area (Å²) in [6.07, 6.45) is 0. The van der Waals surface area contributed by atoms with Gasteiger partial charge < -0.3 is 15.5 Å². The van der Waals surface area contributed by atoms with Gasteiger partial charge in [0, 0.05) is 52.7 Å². The van der Waals surface area contributed by atoms with E-state index in [-0.39, 0.29) is 11.7 Å². The van der Waals surface area contributed by atoms with E-state index in [1.165, 1.54) is 12.1 Å². The first-order valence-corrected chi connectivity index (χ1v) is 8.83. The summed E-state index contributed by atoms with van der Waals surface area (Å²) < 4.78 is 12.9. The predicted molar refractivity (Wildman–Crippen MR) is 97.9 cm³/mol. The third kappa shape index (κ3) is 6.70. The number of halogens is 1. The van der Waals surface area contributed by atoms with Crippen molar-refractivity contribution in [2.75, 3.05) is 45.8 Å². The summed E-state index contributed by atoms with van der Waals surface area (Å²) in [5.74, 6) is 0.678. The molecule has 1 fully saturated rings. The molecule has 7 heteroatoms. The minimum absolute atomic E-state index is 0.153. The number of aliphatic imine (C=N–C) groups is 1. The van der Waals surface area contributed by atoms with Crippen molar-refractivity contribution in [2.24, 2.45) is 4.99 Å². The van der Waals surface area contributed by atoms with Gasteiger partial charge >= 0.3 is 0 Å². The van der Waals surface area contributed by atoms with Gasteiger partial charge in [-0.3, -0.25) is 9.69 Å². The van der Waals surface area contributed by atoms with Crippen LogP contribution in [0.2, 0.25) is 0 Å². The number of hydrogen-bond acceptors (Lipinski definition) is 3. The van der Waals surface area contributed by atoms with Crippen molar-refractivity contribution in [3.8, 4) is 0 Å². The predicted octanol–water partition coefficient (Wildman–Crippen LogP) is 1.04. The minimum Gasteiger partial charge on any atom is -0.357 e. The Morgan fingerprint density at radius 1 is 1.16 bits per heavy atom. The summed E-state index contributed by atoms with van der Waals surface area (Å²) in [6.45, 7) is 10.0. The SMILES string of the molecule is CCNC(=NCc1ccc(F)cc1)NCCN1CCN(C(C)=O)CC1. The van der Waals surface area contributed by atoms with E-state index in [1.54, 1.807) is 19.1 Å². The Kier molecular flexibility index (Phi) is 7.66. The van der Waals surface area contributed by atoms with Crippen LogP contribution in [0.5, 0.6) is 0 Å². The highest BCUT2D eigenvalue weighted by Gasteiger charge is 2.17. The van der Waals surface area contributed by atoms with Crippen LogP contribution in [-0.2, 0) is 11.3 Å². The van der Waals surface area contributed by atoms with Crippen molar-refractivity contribution in [3.05, 3.63) is 35.6 Å². The first-order valence-electron chi connectivity index (χ1n) is 8.83. The third-order valence-electron chi connectivity index (χ3n) is 4.22. The minimum atomic E-state index is -0.234. The fraction of sp³-hybridized carbons (Fsp3) is 0.556. The van der Waals surface area contributed by atoms with Crippen LogP contribution in [0.1, 0.15) is 19.4 Å². The van der Waals surface area contributed by atoms with Crippen LogP contribution < -0.4 is 10.6 Å². The molecule has 0 unspecified atom stereocenters. The maximum atomic E-state index is 12.9. The number of piperazine rings is 1. The summed E-state index contributed by atoms with van der Waals surface area (Å²) in [4.78, 5) is 20.1. The van der Waals surface area contributed by atoms with Gasteiger partial charge in [-0.2, -0.15) is 0 Å². The molecule has 1 aliphatic heterocycles. The first kappa shape index (κ1) is 19.2. The highest BCUT2D eigenvalue weighted by Crippen LogP contribution is 2.04. The number of nitrogens with zero attached hydrogens (tertiary/aromatic N) is 3. The summed E-state index contributed by atoms with van der Waals surface area (Å²) >= 11 is 0. The van der Waals surface area contributed by atoms with Crippen molar-refractivity contribution in [1.82, 2.24) is 20.4 Å². The zero-order valence-electron chi connectivity index (χ0n) is 15.1. The lowest BCUT2D eigenvalue weighted by Gasteiger charge is -2.34. The monoisotopic (exact) mass is 349 g/mol. The topological polar surface area (TPSA) is 60.0 Å². The van der Waals surface area contributed by atoms with Gasteiger partial charge in [0.2, 0.25) is 5.91 Å². The van der Waals surface area contributed by atoms with Crippen LogP contribution in [0.25, 0.3) is 0 Å². The molecule has 0 radical (unpaired) electrons. The molecule has 6 nitrogen and oxygen atoms in total. The fourth-order valence-electron chi connectivity index (χ4n) is 2.72. The molecule has 1 amide bonds. The number of hydrogen-bond donors (Lipinski definition) is 2. The second-order valence-electron chi connectivity index (χ2n) is 6.10. The van der Waals surface area contributed by atoms with Gasteiger partial charge in [-0.1, -0.05) is 12.1 Å². The molecule has 0 saturated carbocycles. The van der Waals surface area contributed by atoms with E-state index in [1.807, 2.05) is 11.8 Å². The molecule has 0 spiro atoms. The Balaban J connectivity index is 1.74. The third-order valence-corrected chi connectivity index (χ3v) is 4.22. The first-order chi connectivity index (χ1) is 12.1. The van der Waals surface area contributed by atoms with E-state index in [0.29, 0.717) is 6.54 Å². The summed E-state index contributed by atoms with van der Waals surface area (Å²) in [7, 11) is 0. The number of nitrogens with one attached hydrogen (secondary N) is 2. The van der Waals surface area contributed by atoms with Gasteiger partial charge in [-0.05, 0) is 24.6 Å². The number of guanidine groups is 1. The highest BCUT2D eigenvalue weighted by molar-refractivity contribution is 5.79. The van der Waals surface area contributed by atoms with E-state index < -0.39 is 0 Å². The number of benzene rings is 1. The van der Waals surface area contributed by atoms with E-state index in [4.69, 9.17) is 0 Å². The van der Waals surface area contributed by atoms with Crippen molar-refractivity contribution < 1.29 is 9.18 Å². The highest BCUT2D eigenvalue weighted by atomic mass is 19.1. The molecule has 0 aromatic heterocycles. The molecule has 138 valence electrons. The number of rotatable bonds is 6. The Labute approximate surface area is 149 Å². The molecular formula is C18H28FN5O. The number of carbonyl (C=O) groups excluding carboxylic acids is 1. The second-order valence-corrected chi connectivity index (χ2v) is 6.10. The molecule has 0 atom stereocenters. The van der Waals surface area contributed by atoms with Crippen LogP contribution >= 0.6 is 0 Å². The smallest absolute Gasteiger partial charge is 0.219 e. The lowest BCUT2D eigenvalue weighted by molar-refractivity contribution is -0.130. The maximum Gasteiger partial charge on any atom is 0.219 e. The quantitative estimate of drug-likeness (QED) is 0.595. The molecular weight excluding hydrogens is 321 g/mol. The molecule has 1 aliphatic rings. The van der Waals surface area contributed by atoms with Crippen LogP contribution in [0.3, 0.4) is 0 Å². The molecule has 25 heavy (non-hydrogen) atoms. The fourth-order valence-corrected chi connectivity index (χ4v) is 2.72. The van der Waals surface area contributed by atoms with E-state index >= 15 is 0 Å². The Morgan fingerprint density at radius 3 is 2.44 bits per heavy atom. The van der Waals surface area contributed by atoms with Gasteiger partial charge in [0.05, 0.1) is 6.54 Å². The van der Waals surface area contributed by atoms with Gasteiger partial charge in [0.25, 0.3) is 0 Å². The Morgan fingerprint density at radius 2 is 1.84 bits per heavy atom. The average Bonchev–Trinajstić information content (AvgIpc) is 2.61. The summed E-state index contributed by atoms with van der Waals surface area (Å²) in [6, 6.07) is 6.39. The van der Waals surface area contributed by atoms with Crippen LogP contribution in [0.15, 0.2) is 29.3 Å². The zero-order chi connectivity index (χ0) is 18.1. The second kappa shape index (κ2) is 9.98. The Hall–Kier alpha value is -2.15. The lowest BCUT2D eigenvalue weighted by Crippen LogP contribution is -2.50. The molecule has 0 bridgehead atoms. The molecule has 1 heterocycles. The Bertz CT molecular complexity index is 567. The van der Waals surface area contributed by atoms with Crippen molar-refractivity contribution >= 4 is 11.9 Å². The summed E-state index contributed by atoms with van der Waals surface area (Å²) in [5.41, 5.74) is 0.971. The van der Waals surface area contributed by atoms with Gasteiger partial charge in [-0.15, -0.1) is 0 Å². The number of amides is 1. The van der Waals surface area contributed by atoms with Gasteiger partial charge in [0.15, 0.2) is 5.96 Å². The standard InChI is InChI=1S/C18H28FN5O/c1-3-20-18(22-14-16-4-6-17(19)7-5-16)21-8-9-23-10-12-24(13-11-23)15(2)25/h4-7H,3,8-14H2,1-2H3,(H2,20,21,22). The molecule has 1 aromatic rings. The molecule has 0 aliphatic carbocycles. The normalized spacial score (nSPS) is 16.0. The lowest BCUT2D eigenvalue weighted by atomic mass is 10.2. The van der Waals surface area contributed by atoms with Crippen LogP contribution in [0, 0.1) is 5.82 Å². The molecule has 2 N–H and O–H groups in total. The maximum absolute atomic E-state index is 12.9. The van der Waals surface area contributed by atoms with Crippen molar-refractivity contribution in [1.29, 1.82) is 0 Å². The largest absolute Gasteiger partial charge is 0.357 e. The molecule has 2 rings (SSSR count). The zero-order valence-corrected chi connectivity index (χ0v) is 15.1. The van der Waals surface area contributed by atoms with E-state index in [2.05, 4.69) is 20.5 Å². The van der Waals surface area contributed by atoms with Crippen molar-refractivity contribution in [2.45, 2.75) is 20.4 Å². The number of carbonyl (C=O) groups is 1. The summed E-state index contributed by atoms with van der Waals surface area (Å²) in [5, 5.41) is 6.54. The van der Waals surface area contributed by atoms with Gasteiger partial charge in [-0.25, -0.2) is 9.38 Å². The molecule has 1 saturated heterocycles. The van der Waals surface area contributed by atoms with Gasteiger partial charge in [0.1, 0.15) is 5.82 Å². The van der Waals surface area contributed by atoms with Crippen molar-refractivity contribution in [3.63, 3.8) is 0 Å². The van der Waals surface area contributed by atoms with E-state index in [9.17, 15) is 9.18 Å². The molecule has 1 aromatic carbocycles. The van der Waals surface area contributed by atoms with Crippen LogP contribution in [-0.4, -0.2) is 67.5 Å².